The van der Waals surface area contributed by atoms with Crippen LogP contribution in [0.4, 0.5) is 4.69 Å². The van der Waals surface area contributed by atoms with E-state index in [0.29, 0.717) is 14.5 Å². The fourth-order valence-electron chi connectivity index (χ4n) is 0.234. The fraction of sp³-hybridized carbons (Fsp3) is 0. The van der Waals surface area contributed by atoms with Crippen LogP contribution in [0.5, 0.6) is 0 Å². The molecule has 4 heteroatoms. The summed E-state index contributed by atoms with van der Waals surface area (Å²) < 4.78 is 0.780. The molecule has 0 fully saturated rings. The Hall–Kier alpha value is 0.209. The number of nitrogens with zero attached hydrogens (tertiary/aromatic N) is 1. The second-order valence-electron chi connectivity index (χ2n) is 0.870. The topological polar surface area (TPSA) is 38.9 Å². The van der Waals surface area contributed by atoms with Gasteiger partial charge in [0, 0.05) is 0 Å². The van der Waals surface area contributed by atoms with E-state index in [9.17, 15) is 0 Å². The monoisotopic (exact) mass is 228 g/mol. The van der Waals surface area contributed by atoms with Crippen molar-refractivity contribution in [2.45, 2.75) is 0 Å². The summed E-state index contributed by atoms with van der Waals surface area (Å²) in [7, 11) is 0. The van der Waals surface area contributed by atoms with E-state index in [1.807, 2.05) is 4.94 Å². The van der Waals surface area contributed by atoms with E-state index in [2.05, 4.69) is 4.98 Å². The number of nitrogens with two attached hydrogens (primary N) is 1. The summed E-state index contributed by atoms with van der Waals surface area (Å²) in [6.45, 7) is 0. The Morgan fingerprint density at radius 1 is 1.71 bits per heavy atom. The number of hydrogen-bond acceptors (Lipinski definition) is 2. The Labute approximate surface area is 58.3 Å². The zero-order chi connectivity index (χ0) is 4.41. The van der Waals surface area contributed by atoms with Gasteiger partial charge in [0.15, 0.2) is 0 Å². The standard InChI is InChI=1S/C3H4N2Se.BrH/c4-3-5-1-2-6-3;/h1-2H,(H2,4,5);1H. The van der Waals surface area contributed by atoms with Crippen molar-refractivity contribution in [1.29, 1.82) is 0 Å². The van der Waals surface area contributed by atoms with Crippen LogP contribution in [0.2, 0.25) is 0 Å². The predicted molar refractivity (Wildman–Crippen MR) is 35.9 cm³/mol. The third kappa shape index (κ3) is 2.12. The number of aromatic nitrogens is 1. The molecule has 7 heavy (non-hydrogen) atoms. The van der Waals surface area contributed by atoms with Crippen molar-refractivity contribution in [3.63, 3.8) is 0 Å². The van der Waals surface area contributed by atoms with Gasteiger partial charge in [0.25, 0.3) is 0 Å². The molecule has 0 bridgehead atoms. The van der Waals surface area contributed by atoms with E-state index in [1.165, 1.54) is 0 Å². The van der Waals surface area contributed by atoms with Gasteiger partial charge in [-0.25, -0.2) is 0 Å². The van der Waals surface area contributed by atoms with Crippen LogP contribution in [0.3, 0.4) is 0 Å². The van der Waals surface area contributed by atoms with E-state index < -0.39 is 0 Å². The summed E-state index contributed by atoms with van der Waals surface area (Å²) in [4.78, 5) is 5.77. The molecule has 1 aromatic heterocycles. The number of rotatable bonds is 0. The van der Waals surface area contributed by atoms with Crippen molar-refractivity contribution in [3.05, 3.63) is 11.1 Å². The SMILES string of the molecule is Br.Nc1ncc[se]1. The van der Waals surface area contributed by atoms with E-state index in [-0.39, 0.29) is 17.0 Å². The normalized spacial score (nSPS) is 7.43. The van der Waals surface area contributed by atoms with Gasteiger partial charge in [-0.05, 0) is 0 Å². The minimum absolute atomic E-state index is 0. The second-order valence-corrected chi connectivity index (χ2v) is 2.81. The summed E-state index contributed by atoms with van der Waals surface area (Å²) >= 11 is 0.375. The van der Waals surface area contributed by atoms with Crippen LogP contribution in [-0.2, 0) is 0 Å². The molecule has 0 aliphatic rings. The van der Waals surface area contributed by atoms with E-state index >= 15 is 0 Å². The van der Waals surface area contributed by atoms with E-state index in [4.69, 9.17) is 5.73 Å². The molecule has 0 amide bonds. The fourth-order valence-corrected chi connectivity index (χ4v) is 1.04. The molecule has 0 saturated heterocycles. The molecule has 1 aromatic rings. The van der Waals surface area contributed by atoms with Crippen molar-refractivity contribution < 1.29 is 0 Å². The molecular weight excluding hydrogens is 223 g/mol. The molecule has 1 rings (SSSR count). The number of hydrogen-bond donors (Lipinski definition) is 1. The first-order chi connectivity index (χ1) is 2.89. The average Bonchev–Trinajstić information content (AvgIpc) is 1.86. The van der Waals surface area contributed by atoms with Gasteiger partial charge in [-0.15, -0.1) is 17.0 Å². The first-order valence-corrected chi connectivity index (χ1v) is 3.39. The van der Waals surface area contributed by atoms with E-state index in [0.717, 1.165) is 4.69 Å². The molecule has 0 unspecified atom stereocenters. The molecule has 0 saturated carbocycles. The van der Waals surface area contributed by atoms with Crippen LogP contribution in [0.15, 0.2) is 11.1 Å². The minimum atomic E-state index is 0. The first kappa shape index (κ1) is 7.21. The van der Waals surface area contributed by atoms with Crippen molar-refractivity contribution in [2.24, 2.45) is 0 Å². The maximum absolute atomic E-state index is 5.25. The Morgan fingerprint density at radius 2 is 2.43 bits per heavy atom. The summed E-state index contributed by atoms with van der Waals surface area (Å²) in [5, 5.41) is 0. The molecule has 0 radical (unpaired) electrons. The maximum atomic E-state index is 5.25. The quantitative estimate of drug-likeness (QED) is 0.648. The van der Waals surface area contributed by atoms with Crippen molar-refractivity contribution in [2.75, 3.05) is 5.73 Å². The van der Waals surface area contributed by atoms with Gasteiger partial charge in [0.2, 0.25) is 0 Å². The number of anilines is 1. The zero-order valence-electron chi connectivity index (χ0n) is 3.50. The molecule has 0 atom stereocenters. The van der Waals surface area contributed by atoms with Crippen LogP contribution >= 0.6 is 17.0 Å². The molecule has 2 N–H and O–H groups in total. The molecule has 0 aliphatic heterocycles. The third-order valence-electron chi connectivity index (χ3n) is 0.451. The van der Waals surface area contributed by atoms with Gasteiger partial charge in [0.1, 0.15) is 0 Å². The first-order valence-electron chi connectivity index (χ1n) is 1.54. The van der Waals surface area contributed by atoms with Crippen molar-refractivity contribution in [1.82, 2.24) is 4.98 Å². The Balaban J connectivity index is 0.000000360. The Morgan fingerprint density at radius 3 is 2.57 bits per heavy atom. The molecule has 1 heterocycles. The summed E-state index contributed by atoms with van der Waals surface area (Å²) in [6.07, 6.45) is 1.75. The van der Waals surface area contributed by atoms with Crippen LogP contribution in [0.1, 0.15) is 0 Å². The Kier molecular flexibility index (Phi) is 3.34. The number of halogens is 1. The van der Waals surface area contributed by atoms with Crippen LogP contribution in [-0.4, -0.2) is 19.5 Å². The van der Waals surface area contributed by atoms with Crippen LogP contribution in [0.25, 0.3) is 0 Å². The summed E-state index contributed by atoms with van der Waals surface area (Å²) in [6, 6.07) is 0. The molecule has 40 valence electrons. The average molecular weight is 228 g/mol. The molecule has 0 aromatic carbocycles. The summed E-state index contributed by atoms with van der Waals surface area (Å²) in [5.41, 5.74) is 5.25. The Bertz CT molecular complexity index is 116. The molecular formula is C3H5BrN2Se. The van der Waals surface area contributed by atoms with Crippen LogP contribution < -0.4 is 5.73 Å². The van der Waals surface area contributed by atoms with Gasteiger partial charge >= 0.3 is 41.1 Å². The van der Waals surface area contributed by atoms with Crippen molar-refractivity contribution >= 4 is 36.2 Å². The summed E-state index contributed by atoms with van der Waals surface area (Å²) in [5.74, 6) is 0. The third-order valence-corrected chi connectivity index (χ3v) is 1.72. The van der Waals surface area contributed by atoms with Gasteiger partial charge in [-0.1, -0.05) is 0 Å². The van der Waals surface area contributed by atoms with Gasteiger partial charge in [-0.3, -0.25) is 0 Å². The predicted octanol–water partition coefficient (Wildman–Crippen LogP) is 0.299. The van der Waals surface area contributed by atoms with Gasteiger partial charge < -0.3 is 0 Å². The molecule has 2 nitrogen and oxygen atoms in total. The second kappa shape index (κ2) is 3.24. The van der Waals surface area contributed by atoms with Gasteiger partial charge in [0.05, 0.1) is 0 Å². The molecule has 0 spiro atoms. The van der Waals surface area contributed by atoms with Crippen molar-refractivity contribution in [3.8, 4) is 0 Å². The van der Waals surface area contributed by atoms with Crippen LogP contribution in [0, 0.1) is 0 Å². The van der Waals surface area contributed by atoms with E-state index in [1.54, 1.807) is 6.20 Å². The zero-order valence-corrected chi connectivity index (χ0v) is 6.92. The number of nitrogen functional groups attached to an aromatic ring is 1. The molecule has 0 aliphatic carbocycles. The van der Waals surface area contributed by atoms with Gasteiger partial charge in [-0.2, -0.15) is 0 Å².